The third kappa shape index (κ3) is 2.03. The first-order valence-electron chi connectivity index (χ1n) is 4.09. The van der Waals surface area contributed by atoms with Gasteiger partial charge in [0.15, 0.2) is 0 Å². The summed E-state index contributed by atoms with van der Waals surface area (Å²) < 4.78 is 13.2. The second-order valence-electron chi connectivity index (χ2n) is 3.00. The normalized spacial score (nSPS) is 14.5. The van der Waals surface area contributed by atoms with Gasteiger partial charge >= 0.3 is 0 Å². The summed E-state index contributed by atoms with van der Waals surface area (Å²) in [5.41, 5.74) is -0.0109. The number of hydrogen-bond acceptors (Lipinski definition) is 2. The van der Waals surface area contributed by atoms with Gasteiger partial charge in [0, 0.05) is 10.6 Å². The molecule has 2 nitrogen and oxygen atoms in total. The molecule has 0 fully saturated rings. The summed E-state index contributed by atoms with van der Waals surface area (Å²) in [7, 11) is 0. The van der Waals surface area contributed by atoms with Crippen LogP contribution in [0.4, 0.5) is 4.39 Å². The molecule has 0 amide bonds. The molecule has 0 aromatic heterocycles. The van der Waals surface area contributed by atoms with E-state index >= 15 is 0 Å². The molecule has 1 N–H and O–H groups in total. The van der Waals surface area contributed by atoms with Gasteiger partial charge in [-0.15, -0.1) is 0 Å². The fraction of sp³-hybridized carbons (Fsp3) is 0.300. The molecule has 0 saturated carbocycles. The van der Waals surface area contributed by atoms with Crippen molar-refractivity contribution >= 4 is 11.6 Å². The highest BCUT2D eigenvalue weighted by molar-refractivity contribution is 6.31. The number of hydrogen-bond donors (Lipinski definition) is 1. The number of aliphatic hydroxyl groups is 1. The lowest BCUT2D eigenvalue weighted by atomic mass is 9.98. The van der Waals surface area contributed by atoms with Gasteiger partial charge in [-0.3, -0.25) is 0 Å². The Morgan fingerprint density at radius 1 is 1.57 bits per heavy atom. The largest absolute Gasteiger partial charge is 0.387 e. The predicted molar refractivity (Wildman–Crippen MR) is 51.1 cm³/mol. The first-order valence-corrected chi connectivity index (χ1v) is 4.47. The van der Waals surface area contributed by atoms with E-state index in [2.05, 4.69) is 0 Å². The van der Waals surface area contributed by atoms with Crippen molar-refractivity contribution in [1.82, 2.24) is 0 Å². The molecule has 2 atom stereocenters. The Bertz CT molecular complexity index is 355. The molecular weight excluding hydrogens is 205 g/mol. The van der Waals surface area contributed by atoms with Crippen LogP contribution in [0, 0.1) is 23.1 Å². The molecule has 0 heterocycles. The van der Waals surface area contributed by atoms with Gasteiger partial charge in [-0.05, 0) is 19.1 Å². The zero-order valence-electron chi connectivity index (χ0n) is 7.54. The summed E-state index contributed by atoms with van der Waals surface area (Å²) in [6.45, 7) is 1.51. The van der Waals surface area contributed by atoms with Crippen LogP contribution in [0.25, 0.3) is 0 Å². The Balaban J connectivity index is 3.13. The molecule has 0 saturated heterocycles. The highest BCUT2D eigenvalue weighted by Crippen LogP contribution is 2.30. The number of halogens is 2. The third-order valence-corrected chi connectivity index (χ3v) is 2.30. The lowest BCUT2D eigenvalue weighted by Gasteiger charge is -2.14. The molecule has 1 rings (SSSR count). The topological polar surface area (TPSA) is 44.0 Å². The molecule has 4 heteroatoms. The van der Waals surface area contributed by atoms with Crippen molar-refractivity contribution in [2.45, 2.75) is 13.0 Å². The number of aliphatic hydroxyl groups excluding tert-OH is 1. The van der Waals surface area contributed by atoms with E-state index in [9.17, 15) is 9.50 Å². The van der Waals surface area contributed by atoms with Crippen molar-refractivity contribution in [3.63, 3.8) is 0 Å². The summed E-state index contributed by atoms with van der Waals surface area (Å²) >= 11 is 5.72. The van der Waals surface area contributed by atoms with Crippen molar-refractivity contribution < 1.29 is 9.50 Å². The van der Waals surface area contributed by atoms with Crippen LogP contribution in [-0.2, 0) is 0 Å². The molecule has 74 valence electrons. The first kappa shape index (κ1) is 11.0. The zero-order valence-corrected chi connectivity index (χ0v) is 8.29. The van der Waals surface area contributed by atoms with Gasteiger partial charge in [-0.2, -0.15) is 5.26 Å². The Labute approximate surface area is 86.5 Å². The molecule has 0 bridgehead atoms. The van der Waals surface area contributed by atoms with E-state index in [0.29, 0.717) is 0 Å². The van der Waals surface area contributed by atoms with Crippen LogP contribution in [0.5, 0.6) is 0 Å². The lowest BCUT2D eigenvalue weighted by Crippen LogP contribution is -2.09. The standard InChI is InChI=1S/C10H9ClFNO/c1-6(5-13)10(14)9-7(11)3-2-4-8(9)12/h2-4,6,10,14H,1H3. The summed E-state index contributed by atoms with van der Waals surface area (Å²) in [6.07, 6.45) is -1.19. The van der Waals surface area contributed by atoms with E-state index in [1.54, 1.807) is 0 Å². The quantitative estimate of drug-likeness (QED) is 0.821. The van der Waals surface area contributed by atoms with E-state index < -0.39 is 17.8 Å². The number of nitrogens with zero attached hydrogens (tertiary/aromatic N) is 1. The summed E-state index contributed by atoms with van der Waals surface area (Å²) in [4.78, 5) is 0. The highest BCUT2D eigenvalue weighted by Gasteiger charge is 2.21. The van der Waals surface area contributed by atoms with Crippen molar-refractivity contribution in [2.24, 2.45) is 5.92 Å². The van der Waals surface area contributed by atoms with E-state index in [1.807, 2.05) is 6.07 Å². The Hall–Kier alpha value is -1.11. The maximum atomic E-state index is 13.2. The van der Waals surface area contributed by atoms with Gasteiger partial charge in [0.05, 0.1) is 18.1 Å². The molecule has 0 radical (unpaired) electrons. The third-order valence-electron chi connectivity index (χ3n) is 1.97. The van der Waals surface area contributed by atoms with Gasteiger partial charge in [0.1, 0.15) is 5.82 Å². The van der Waals surface area contributed by atoms with Crippen molar-refractivity contribution in [2.75, 3.05) is 0 Å². The zero-order chi connectivity index (χ0) is 10.7. The van der Waals surface area contributed by atoms with Crippen molar-refractivity contribution in [3.8, 4) is 6.07 Å². The molecule has 2 unspecified atom stereocenters. The van der Waals surface area contributed by atoms with Crippen molar-refractivity contribution in [3.05, 3.63) is 34.6 Å². The van der Waals surface area contributed by atoms with Gasteiger partial charge in [0.25, 0.3) is 0 Å². The smallest absolute Gasteiger partial charge is 0.130 e. The molecule has 0 aliphatic heterocycles. The van der Waals surface area contributed by atoms with E-state index in [-0.39, 0.29) is 10.6 Å². The van der Waals surface area contributed by atoms with E-state index in [0.717, 1.165) is 0 Å². The minimum Gasteiger partial charge on any atom is -0.387 e. The monoisotopic (exact) mass is 213 g/mol. The fourth-order valence-corrected chi connectivity index (χ4v) is 1.39. The number of nitriles is 1. The summed E-state index contributed by atoms with van der Waals surface area (Å²) in [5, 5.41) is 18.3. The van der Waals surface area contributed by atoms with Crippen LogP contribution in [0.1, 0.15) is 18.6 Å². The van der Waals surface area contributed by atoms with Crippen LogP contribution in [-0.4, -0.2) is 5.11 Å². The van der Waals surface area contributed by atoms with Crippen LogP contribution in [0.2, 0.25) is 5.02 Å². The maximum Gasteiger partial charge on any atom is 0.130 e. The van der Waals surface area contributed by atoms with Gasteiger partial charge < -0.3 is 5.11 Å². The first-order chi connectivity index (χ1) is 6.57. The Kier molecular flexibility index (Phi) is 3.45. The van der Waals surface area contributed by atoms with Crippen LogP contribution >= 0.6 is 11.6 Å². The van der Waals surface area contributed by atoms with Crippen LogP contribution < -0.4 is 0 Å². The summed E-state index contributed by atoms with van der Waals surface area (Å²) in [5.74, 6) is -1.28. The minimum absolute atomic E-state index is 0.0109. The highest BCUT2D eigenvalue weighted by atomic mass is 35.5. The molecule has 14 heavy (non-hydrogen) atoms. The van der Waals surface area contributed by atoms with E-state index in [1.165, 1.54) is 25.1 Å². The maximum absolute atomic E-state index is 13.2. The predicted octanol–water partition coefficient (Wildman–Crippen LogP) is 2.67. The molecular formula is C10H9ClFNO. The number of benzene rings is 1. The SMILES string of the molecule is CC(C#N)C(O)c1c(F)cccc1Cl. The average molecular weight is 214 g/mol. The molecule has 1 aromatic carbocycles. The molecule has 0 aliphatic carbocycles. The van der Waals surface area contributed by atoms with Crippen molar-refractivity contribution in [1.29, 1.82) is 5.26 Å². The average Bonchev–Trinajstić information content (AvgIpc) is 2.16. The van der Waals surface area contributed by atoms with Gasteiger partial charge in [-0.1, -0.05) is 17.7 Å². The van der Waals surface area contributed by atoms with Gasteiger partial charge in [0.2, 0.25) is 0 Å². The van der Waals surface area contributed by atoms with E-state index in [4.69, 9.17) is 16.9 Å². The van der Waals surface area contributed by atoms with Crippen LogP contribution in [0.15, 0.2) is 18.2 Å². The second kappa shape index (κ2) is 4.41. The molecule has 1 aromatic rings. The summed E-state index contributed by atoms with van der Waals surface area (Å²) in [6, 6.07) is 5.97. The second-order valence-corrected chi connectivity index (χ2v) is 3.41. The van der Waals surface area contributed by atoms with Crippen LogP contribution in [0.3, 0.4) is 0 Å². The lowest BCUT2D eigenvalue weighted by molar-refractivity contribution is 0.138. The van der Waals surface area contributed by atoms with Gasteiger partial charge in [-0.25, -0.2) is 4.39 Å². The number of rotatable bonds is 2. The molecule has 0 spiro atoms. The Morgan fingerprint density at radius 3 is 2.71 bits per heavy atom. The fourth-order valence-electron chi connectivity index (χ4n) is 1.11. The molecule has 0 aliphatic rings. The Morgan fingerprint density at radius 2 is 2.21 bits per heavy atom. The minimum atomic E-state index is -1.19.